The highest BCUT2D eigenvalue weighted by molar-refractivity contribution is 5.75. The van der Waals surface area contributed by atoms with Gasteiger partial charge in [-0.15, -0.1) is 0 Å². The van der Waals surface area contributed by atoms with Crippen LogP contribution in [-0.2, 0) is 4.79 Å². The van der Waals surface area contributed by atoms with Gasteiger partial charge in [-0.05, 0) is 32.6 Å². The van der Waals surface area contributed by atoms with Gasteiger partial charge in [-0.1, -0.05) is 19.8 Å². The van der Waals surface area contributed by atoms with Crippen molar-refractivity contribution in [1.82, 2.24) is 10.6 Å². The first-order valence-corrected chi connectivity index (χ1v) is 6.82. The van der Waals surface area contributed by atoms with Crippen molar-refractivity contribution in [2.75, 3.05) is 0 Å². The van der Waals surface area contributed by atoms with E-state index in [1.54, 1.807) is 0 Å². The van der Waals surface area contributed by atoms with E-state index in [1.165, 1.54) is 0 Å². The van der Waals surface area contributed by atoms with Crippen LogP contribution in [0.1, 0.15) is 52.4 Å². The van der Waals surface area contributed by atoms with Gasteiger partial charge in [0.15, 0.2) is 0 Å². The molecule has 3 unspecified atom stereocenters. The molecule has 3 atom stereocenters. The Balaban J connectivity index is 2.23. The third kappa shape index (κ3) is 4.94. The summed E-state index contributed by atoms with van der Waals surface area (Å²) < 4.78 is 0. The molecule has 1 aliphatic carbocycles. The van der Waals surface area contributed by atoms with Crippen molar-refractivity contribution in [1.29, 1.82) is 0 Å². The number of carbonyl (C=O) groups is 2. The van der Waals surface area contributed by atoms with Crippen molar-refractivity contribution in [2.24, 2.45) is 5.92 Å². The molecule has 1 rings (SSSR count). The van der Waals surface area contributed by atoms with E-state index in [4.69, 9.17) is 5.11 Å². The maximum absolute atomic E-state index is 11.7. The lowest BCUT2D eigenvalue weighted by Gasteiger charge is -2.17. The van der Waals surface area contributed by atoms with Gasteiger partial charge in [0.05, 0.1) is 5.92 Å². The molecule has 0 aromatic carbocycles. The number of urea groups is 1. The fraction of sp³-hybridized carbons (Fsp3) is 0.846. The fourth-order valence-electron chi connectivity index (χ4n) is 2.37. The van der Waals surface area contributed by atoms with Gasteiger partial charge in [-0.3, -0.25) is 4.79 Å². The molecule has 3 N–H and O–H groups in total. The molecule has 1 saturated carbocycles. The molecule has 0 spiro atoms. The third-order valence-corrected chi connectivity index (χ3v) is 3.49. The Morgan fingerprint density at radius 2 is 2.11 bits per heavy atom. The number of carbonyl (C=O) groups excluding carboxylic acids is 1. The number of nitrogens with one attached hydrogen (secondary N) is 2. The van der Waals surface area contributed by atoms with Crippen molar-refractivity contribution < 1.29 is 14.7 Å². The third-order valence-electron chi connectivity index (χ3n) is 3.49. The number of aliphatic carboxylic acids is 1. The van der Waals surface area contributed by atoms with E-state index >= 15 is 0 Å². The standard InChI is InChI=1S/C13H24N2O3/c1-3-4-5-9(2)14-13(18)15-11-7-6-10(8-11)12(16)17/h9-11H,3-8H2,1-2H3,(H,16,17)(H2,14,15,18). The number of carboxylic acids is 1. The summed E-state index contributed by atoms with van der Waals surface area (Å²) in [4.78, 5) is 22.5. The maximum Gasteiger partial charge on any atom is 0.315 e. The summed E-state index contributed by atoms with van der Waals surface area (Å²) in [7, 11) is 0. The highest BCUT2D eigenvalue weighted by Crippen LogP contribution is 2.25. The molecule has 1 fully saturated rings. The monoisotopic (exact) mass is 256 g/mol. The molecule has 5 nitrogen and oxygen atoms in total. The highest BCUT2D eigenvalue weighted by Gasteiger charge is 2.30. The molecule has 5 heteroatoms. The molecule has 104 valence electrons. The van der Waals surface area contributed by atoms with E-state index in [2.05, 4.69) is 17.6 Å². The Morgan fingerprint density at radius 1 is 1.39 bits per heavy atom. The van der Waals surface area contributed by atoms with Gasteiger partial charge in [-0.2, -0.15) is 0 Å². The lowest BCUT2D eigenvalue weighted by atomic mass is 10.1. The second-order valence-electron chi connectivity index (χ2n) is 5.21. The molecule has 1 aliphatic rings. The number of carboxylic acid groups (broad SMARTS) is 1. The van der Waals surface area contributed by atoms with Crippen LogP contribution in [0.15, 0.2) is 0 Å². The molecule has 0 aromatic heterocycles. The largest absolute Gasteiger partial charge is 0.481 e. The van der Waals surface area contributed by atoms with Crippen molar-refractivity contribution in [3.63, 3.8) is 0 Å². The zero-order valence-electron chi connectivity index (χ0n) is 11.2. The summed E-state index contributed by atoms with van der Waals surface area (Å²) in [6, 6.07) is 0.000686. The van der Waals surface area contributed by atoms with Gasteiger partial charge in [-0.25, -0.2) is 4.79 Å². The number of rotatable bonds is 6. The van der Waals surface area contributed by atoms with Gasteiger partial charge in [0, 0.05) is 12.1 Å². The van der Waals surface area contributed by atoms with Crippen molar-refractivity contribution in [3.8, 4) is 0 Å². The van der Waals surface area contributed by atoms with Crippen LogP contribution >= 0.6 is 0 Å². The maximum atomic E-state index is 11.7. The highest BCUT2D eigenvalue weighted by atomic mass is 16.4. The van der Waals surface area contributed by atoms with Gasteiger partial charge in [0.1, 0.15) is 0 Å². The summed E-state index contributed by atoms with van der Waals surface area (Å²) in [5.74, 6) is -1.05. The number of hydrogen-bond donors (Lipinski definition) is 3. The normalized spacial score (nSPS) is 24.6. The molecule has 18 heavy (non-hydrogen) atoms. The summed E-state index contributed by atoms with van der Waals surface area (Å²) in [5.41, 5.74) is 0. The average molecular weight is 256 g/mol. The van der Waals surface area contributed by atoms with Gasteiger partial charge in [0.25, 0.3) is 0 Å². The van der Waals surface area contributed by atoms with Crippen LogP contribution in [0, 0.1) is 5.92 Å². The Bertz CT molecular complexity index is 294. The lowest BCUT2D eigenvalue weighted by molar-refractivity contribution is -0.141. The fourth-order valence-corrected chi connectivity index (χ4v) is 2.37. The Hall–Kier alpha value is -1.26. The average Bonchev–Trinajstić information content (AvgIpc) is 2.74. The molecule has 0 aromatic rings. The van der Waals surface area contributed by atoms with E-state index in [1.807, 2.05) is 6.92 Å². The van der Waals surface area contributed by atoms with E-state index in [0.717, 1.165) is 25.7 Å². The van der Waals surface area contributed by atoms with Crippen LogP contribution in [-0.4, -0.2) is 29.2 Å². The summed E-state index contributed by atoms with van der Waals surface area (Å²) >= 11 is 0. The first kappa shape index (κ1) is 14.8. The Kier molecular flexibility index (Phi) is 5.95. The summed E-state index contributed by atoms with van der Waals surface area (Å²) in [6.07, 6.45) is 5.17. The van der Waals surface area contributed by atoms with E-state index in [-0.39, 0.29) is 24.0 Å². The molecule has 0 heterocycles. The van der Waals surface area contributed by atoms with Gasteiger partial charge < -0.3 is 15.7 Å². The zero-order chi connectivity index (χ0) is 13.5. The van der Waals surface area contributed by atoms with Crippen LogP contribution in [0.5, 0.6) is 0 Å². The quantitative estimate of drug-likeness (QED) is 0.681. The minimum Gasteiger partial charge on any atom is -0.481 e. The van der Waals surface area contributed by atoms with Crippen LogP contribution in [0.4, 0.5) is 4.79 Å². The number of unbranched alkanes of at least 4 members (excludes halogenated alkanes) is 1. The SMILES string of the molecule is CCCCC(C)NC(=O)NC1CCC(C(=O)O)C1. The van der Waals surface area contributed by atoms with Crippen LogP contribution in [0.2, 0.25) is 0 Å². The predicted octanol–water partition coefficient (Wildman–Crippen LogP) is 2.12. The van der Waals surface area contributed by atoms with Crippen molar-refractivity contribution in [3.05, 3.63) is 0 Å². The first-order chi connectivity index (χ1) is 8.52. The Morgan fingerprint density at radius 3 is 2.67 bits per heavy atom. The van der Waals surface area contributed by atoms with Crippen molar-refractivity contribution in [2.45, 2.75) is 64.5 Å². The summed E-state index contributed by atoms with van der Waals surface area (Å²) in [6.45, 7) is 4.11. The zero-order valence-corrected chi connectivity index (χ0v) is 11.2. The second-order valence-corrected chi connectivity index (χ2v) is 5.21. The van der Waals surface area contributed by atoms with E-state index in [0.29, 0.717) is 12.8 Å². The van der Waals surface area contributed by atoms with Gasteiger partial charge in [0.2, 0.25) is 0 Å². The molecule has 0 bridgehead atoms. The molecule has 2 amide bonds. The van der Waals surface area contributed by atoms with E-state index < -0.39 is 5.97 Å². The Labute approximate surface area is 108 Å². The number of amides is 2. The molecular weight excluding hydrogens is 232 g/mol. The van der Waals surface area contributed by atoms with Crippen molar-refractivity contribution >= 4 is 12.0 Å². The topological polar surface area (TPSA) is 78.4 Å². The molecule has 0 aliphatic heterocycles. The second kappa shape index (κ2) is 7.24. The van der Waals surface area contributed by atoms with E-state index in [9.17, 15) is 9.59 Å². The van der Waals surface area contributed by atoms with Crippen LogP contribution in [0.3, 0.4) is 0 Å². The lowest BCUT2D eigenvalue weighted by Crippen LogP contribution is -2.44. The first-order valence-electron chi connectivity index (χ1n) is 6.82. The van der Waals surface area contributed by atoms with Crippen LogP contribution < -0.4 is 10.6 Å². The summed E-state index contributed by atoms with van der Waals surface area (Å²) in [5, 5.41) is 14.6. The molecule has 0 saturated heterocycles. The smallest absolute Gasteiger partial charge is 0.315 e. The minimum atomic E-state index is -0.754. The molecule has 0 radical (unpaired) electrons. The number of hydrogen-bond acceptors (Lipinski definition) is 2. The predicted molar refractivity (Wildman–Crippen MR) is 69.4 cm³/mol. The minimum absolute atomic E-state index is 0.00414. The van der Waals surface area contributed by atoms with Gasteiger partial charge >= 0.3 is 12.0 Å². The van der Waals surface area contributed by atoms with Crippen LogP contribution in [0.25, 0.3) is 0 Å². The molecular formula is C13H24N2O3.